The predicted molar refractivity (Wildman–Crippen MR) is 135 cm³/mol. The third-order valence-corrected chi connectivity index (χ3v) is 6.57. The minimum absolute atomic E-state index is 0.275. The van der Waals surface area contributed by atoms with Crippen LogP contribution in [0.1, 0.15) is 27.9 Å². The highest BCUT2D eigenvalue weighted by Gasteiger charge is 2.50. The first-order valence-corrected chi connectivity index (χ1v) is 11.3. The third-order valence-electron chi connectivity index (χ3n) is 6.57. The van der Waals surface area contributed by atoms with Gasteiger partial charge in [0.25, 0.3) is 5.91 Å². The molecule has 34 heavy (non-hydrogen) atoms. The SMILES string of the molecule is CN(C)c1ccc(C(=O)C[C@@]2(O)C(=O)N(Cc3cccc4ccccc34)c3ccccc32)cc1. The zero-order chi connectivity index (χ0) is 23.9. The molecule has 0 unspecified atom stereocenters. The molecule has 1 aliphatic heterocycles. The molecule has 1 amide bonds. The van der Waals surface area contributed by atoms with E-state index in [1.165, 1.54) is 0 Å². The van der Waals surface area contributed by atoms with E-state index in [1.54, 1.807) is 29.2 Å². The van der Waals surface area contributed by atoms with E-state index < -0.39 is 11.5 Å². The normalized spacial score (nSPS) is 17.1. The average Bonchev–Trinajstić information content (AvgIpc) is 3.06. The van der Waals surface area contributed by atoms with Gasteiger partial charge in [-0.05, 0) is 46.7 Å². The first kappa shape index (κ1) is 21.9. The van der Waals surface area contributed by atoms with Crippen molar-refractivity contribution in [2.75, 3.05) is 23.9 Å². The fraction of sp³-hybridized carbons (Fsp3) is 0.172. The Labute approximate surface area is 198 Å². The van der Waals surface area contributed by atoms with Gasteiger partial charge in [-0.2, -0.15) is 0 Å². The molecule has 0 saturated carbocycles. The average molecular weight is 451 g/mol. The summed E-state index contributed by atoms with van der Waals surface area (Å²) in [4.78, 5) is 30.3. The Balaban J connectivity index is 1.48. The summed E-state index contributed by atoms with van der Waals surface area (Å²) >= 11 is 0. The second-order valence-corrected chi connectivity index (χ2v) is 8.95. The van der Waals surface area contributed by atoms with Crippen LogP contribution in [0.2, 0.25) is 0 Å². The zero-order valence-electron chi connectivity index (χ0n) is 19.2. The van der Waals surface area contributed by atoms with Crippen LogP contribution in [0.15, 0.2) is 91.0 Å². The van der Waals surface area contributed by atoms with Gasteiger partial charge in [0.1, 0.15) is 0 Å². The van der Waals surface area contributed by atoms with Crippen molar-refractivity contribution in [3.8, 4) is 0 Å². The summed E-state index contributed by atoms with van der Waals surface area (Å²) < 4.78 is 0. The first-order chi connectivity index (χ1) is 16.4. The lowest BCUT2D eigenvalue weighted by Crippen LogP contribution is -2.41. The highest BCUT2D eigenvalue weighted by atomic mass is 16.3. The summed E-state index contributed by atoms with van der Waals surface area (Å²) in [6, 6.07) is 28.4. The van der Waals surface area contributed by atoms with E-state index in [0.29, 0.717) is 23.4 Å². The predicted octanol–water partition coefficient (Wildman–Crippen LogP) is 4.91. The van der Waals surface area contributed by atoms with Gasteiger partial charge in [0.05, 0.1) is 18.7 Å². The van der Waals surface area contributed by atoms with Crippen LogP contribution in [0.5, 0.6) is 0 Å². The van der Waals surface area contributed by atoms with Gasteiger partial charge in [-0.1, -0.05) is 60.7 Å². The molecule has 5 nitrogen and oxygen atoms in total. The molecule has 1 N–H and O–H groups in total. The van der Waals surface area contributed by atoms with Crippen molar-refractivity contribution in [3.63, 3.8) is 0 Å². The van der Waals surface area contributed by atoms with Gasteiger partial charge in [0.15, 0.2) is 11.4 Å². The van der Waals surface area contributed by atoms with E-state index in [9.17, 15) is 14.7 Å². The summed E-state index contributed by atoms with van der Waals surface area (Å²) in [6.45, 7) is 0.311. The fourth-order valence-corrected chi connectivity index (χ4v) is 4.72. The first-order valence-electron chi connectivity index (χ1n) is 11.3. The van der Waals surface area contributed by atoms with Gasteiger partial charge in [0.2, 0.25) is 0 Å². The maximum atomic E-state index is 13.7. The van der Waals surface area contributed by atoms with Crippen LogP contribution in [-0.4, -0.2) is 30.9 Å². The van der Waals surface area contributed by atoms with E-state index in [4.69, 9.17) is 0 Å². The summed E-state index contributed by atoms with van der Waals surface area (Å²) in [5, 5.41) is 13.8. The minimum atomic E-state index is -1.90. The number of para-hydroxylation sites is 1. The van der Waals surface area contributed by atoms with Crippen molar-refractivity contribution in [1.29, 1.82) is 0 Å². The topological polar surface area (TPSA) is 60.9 Å². The quantitative estimate of drug-likeness (QED) is 0.424. The molecule has 0 aromatic heterocycles. The van der Waals surface area contributed by atoms with Crippen LogP contribution in [0.3, 0.4) is 0 Å². The number of benzene rings is 4. The number of anilines is 2. The Morgan fingerprint density at radius 1 is 0.882 bits per heavy atom. The number of ketones is 1. The maximum absolute atomic E-state index is 13.7. The van der Waals surface area contributed by atoms with Gasteiger partial charge in [-0.15, -0.1) is 0 Å². The number of hydrogen-bond donors (Lipinski definition) is 1. The lowest BCUT2D eigenvalue weighted by Gasteiger charge is -2.23. The van der Waals surface area contributed by atoms with Crippen LogP contribution < -0.4 is 9.80 Å². The highest BCUT2D eigenvalue weighted by Crippen LogP contribution is 2.44. The van der Waals surface area contributed by atoms with Crippen molar-refractivity contribution in [2.45, 2.75) is 18.6 Å². The standard InChI is InChI=1S/C29H26N2O3/c1-30(2)23-16-14-21(15-17-23)27(32)18-29(34)25-12-5-6-13-26(25)31(28(29)33)19-22-10-7-9-20-8-3-4-11-24(20)22/h3-17,34H,18-19H2,1-2H3/t29-/m0/s1. The van der Waals surface area contributed by atoms with E-state index in [0.717, 1.165) is 22.0 Å². The van der Waals surface area contributed by atoms with Crippen molar-refractivity contribution >= 4 is 33.8 Å². The summed E-state index contributed by atoms with van der Waals surface area (Å²) in [7, 11) is 3.86. The number of carbonyl (C=O) groups is 2. The molecule has 5 rings (SSSR count). The molecule has 0 aliphatic carbocycles. The maximum Gasteiger partial charge on any atom is 0.264 e. The molecule has 5 heteroatoms. The Morgan fingerprint density at radius 2 is 1.56 bits per heavy atom. The van der Waals surface area contributed by atoms with Crippen molar-refractivity contribution < 1.29 is 14.7 Å². The molecule has 0 fully saturated rings. The summed E-state index contributed by atoms with van der Waals surface area (Å²) in [5.74, 6) is -0.747. The molecular formula is C29H26N2O3. The van der Waals surface area contributed by atoms with Crippen molar-refractivity contribution in [3.05, 3.63) is 108 Å². The molecule has 0 bridgehead atoms. The molecular weight excluding hydrogens is 424 g/mol. The van der Waals surface area contributed by atoms with E-state index in [1.807, 2.05) is 85.7 Å². The second-order valence-electron chi connectivity index (χ2n) is 8.95. The molecule has 1 aliphatic rings. The Kier molecular flexibility index (Phi) is 5.42. The van der Waals surface area contributed by atoms with Crippen LogP contribution in [-0.2, 0) is 16.9 Å². The minimum Gasteiger partial charge on any atom is -0.378 e. The number of Topliss-reactive ketones (excluding diaryl/α,β-unsaturated/α-hetero) is 1. The van der Waals surface area contributed by atoms with E-state index in [2.05, 4.69) is 0 Å². The van der Waals surface area contributed by atoms with Crippen LogP contribution in [0.25, 0.3) is 10.8 Å². The third kappa shape index (κ3) is 3.64. The van der Waals surface area contributed by atoms with Gasteiger partial charge < -0.3 is 14.9 Å². The van der Waals surface area contributed by atoms with Crippen LogP contribution in [0, 0.1) is 0 Å². The number of carbonyl (C=O) groups excluding carboxylic acids is 2. The molecule has 1 atom stereocenters. The second kappa shape index (κ2) is 8.43. The zero-order valence-corrected chi connectivity index (χ0v) is 19.2. The number of rotatable bonds is 6. The Morgan fingerprint density at radius 3 is 2.32 bits per heavy atom. The van der Waals surface area contributed by atoms with Gasteiger partial charge in [0, 0.05) is 30.9 Å². The van der Waals surface area contributed by atoms with Gasteiger partial charge >= 0.3 is 0 Å². The van der Waals surface area contributed by atoms with Gasteiger partial charge in [-0.25, -0.2) is 0 Å². The molecule has 4 aromatic carbocycles. The molecule has 0 spiro atoms. The fourth-order valence-electron chi connectivity index (χ4n) is 4.72. The Bertz CT molecular complexity index is 1390. The van der Waals surface area contributed by atoms with Crippen molar-refractivity contribution in [2.24, 2.45) is 0 Å². The number of hydrogen-bond acceptors (Lipinski definition) is 4. The molecule has 0 radical (unpaired) electrons. The van der Waals surface area contributed by atoms with E-state index >= 15 is 0 Å². The molecule has 4 aromatic rings. The molecule has 0 saturated heterocycles. The Hall–Kier alpha value is -3.96. The summed E-state index contributed by atoms with van der Waals surface area (Å²) in [5.41, 5.74) is 1.63. The number of nitrogens with zero attached hydrogens (tertiary/aromatic N) is 2. The largest absolute Gasteiger partial charge is 0.378 e. The lowest BCUT2D eigenvalue weighted by atomic mass is 9.88. The lowest BCUT2D eigenvalue weighted by molar-refractivity contribution is -0.136. The van der Waals surface area contributed by atoms with Crippen molar-refractivity contribution in [1.82, 2.24) is 0 Å². The molecule has 170 valence electrons. The number of aliphatic hydroxyl groups is 1. The molecule has 1 heterocycles. The monoisotopic (exact) mass is 450 g/mol. The van der Waals surface area contributed by atoms with Crippen LogP contribution >= 0.6 is 0 Å². The van der Waals surface area contributed by atoms with Crippen LogP contribution in [0.4, 0.5) is 11.4 Å². The highest BCUT2D eigenvalue weighted by molar-refractivity contribution is 6.11. The number of amides is 1. The smallest absolute Gasteiger partial charge is 0.264 e. The van der Waals surface area contributed by atoms with E-state index in [-0.39, 0.29) is 12.2 Å². The van der Waals surface area contributed by atoms with Gasteiger partial charge in [-0.3, -0.25) is 9.59 Å². The summed E-state index contributed by atoms with van der Waals surface area (Å²) in [6.07, 6.45) is -0.309. The number of fused-ring (bicyclic) bond motifs is 2.